The normalized spacial score (nSPS) is 12.1. The molecule has 0 heterocycles. The van der Waals surface area contributed by atoms with Crippen LogP contribution in [0.1, 0.15) is 30.5 Å². The summed E-state index contributed by atoms with van der Waals surface area (Å²) < 4.78 is 29.4. The zero-order valence-electron chi connectivity index (χ0n) is 25.8. The second kappa shape index (κ2) is 15.8. The van der Waals surface area contributed by atoms with Gasteiger partial charge in [0, 0.05) is 34.6 Å². The van der Waals surface area contributed by atoms with Gasteiger partial charge in [0.15, 0.2) is 0 Å². The lowest BCUT2D eigenvalue weighted by Crippen LogP contribution is -2.53. The zero-order chi connectivity index (χ0) is 33.4. The highest BCUT2D eigenvalue weighted by atomic mass is 35.5. The summed E-state index contributed by atoms with van der Waals surface area (Å²) in [6, 6.07) is 25.9. The molecule has 11 heteroatoms. The standard InChI is InChI=1S/C35H36Cl3N3O4S/c1-24(2)21-39-35(43)33(19-26-10-6-4-7-11-26)40(22-27-14-15-29(37)20-31(27)38)34(42)23-41(32-17-16-28(36)18-25(32)3)46(44,45)30-12-8-5-9-13-30/h4-18,20,24,33H,19,21-23H2,1-3H3,(H,39,43)/t33-/m1/s1. The van der Waals surface area contributed by atoms with Gasteiger partial charge in [-0.15, -0.1) is 0 Å². The van der Waals surface area contributed by atoms with Crippen LogP contribution in [-0.2, 0) is 32.6 Å². The SMILES string of the molecule is Cc1cc(Cl)ccc1N(CC(=O)N(Cc1ccc(Cl)cc1Cl)[C@H](Cc1ccccc1)C(=O)NCC(C)C)S(=O)(=O)c1ccccc1. The Kier molecular flexibility index (Phi) is 12.1. The number of anilines is 1. The van der Waals surface area contributed by atoms with E-state index >= 15 is 0 Å². The van der Waals surface area contributed by atoms with Crippen LogP contribution in [-0.4, -0.2) is 44.3 Å². The van der Waals surface area contributed by atoms with Crippen molar-refractivity contribution in [2.24, 2.45) is 5.92 Å². The summed E-state index contributed by atoms with van der Waals surface area (Å²) in [6.45, 7) is 5.41. The van der Waals surface area contributed by atoms with E-state index < -0.39 is 28.5 Å². The lowest BCUT2D eigenvalue weighted by Gasteiger charge is -2.34. The third-order valence-electron chi connectivity index (χ3n) is 7.35. The topological polar surface area (TPSA) is 86.8 Å². The van der Waals surface area contributed by atoms with E-state index in [2.05, 4.69) is 5.32 Å². The maximum absolute atomic E-state index is 14.6. The summed E-state index contributed by atoms with van der Waals surface area (Å²) in [5.74, 6) is -0.799. The number of amides is 2. The Bertz CT molecular complexity index is 1770. The van der Waals surface area contributed by atoms with Crippen molar-refractivity contribution in [2.75, 3.05) is 17.4 Å². The van der Waals surface area contributed by atoms with Gasteiger partial charge in [-0.25, -0.2) is 8.42 Å². The van der Waals surface area contributed by atoms with Crippen molar-refractivity contribution in [3.63, 3.8) is 0 Å². The summed E-state index contributed by atoms with van der Waals surface area (Å²) in [4.78, 5) is 29.9. The number of carbonyl (C=O) groups excluding carboxylic acids is 2. The van der Waals surface area contributed by atoms with Gasteiger partial charge in [-0.3, -0.25) is 13.9 Å². The molecule has 0 aliphatic carbocycles. The monoisotopic (exact) mass is 699 g/mol. The molecule has 0 saturated heterocycles. The van der Waals surface area contributed by atoms with Crippen molar-refractivity contribution < 1.29 is 18.0 Å². The van der Waals surface area contributed by atoms with E-state index in [1.165, 1.54) is 17.0 Å². The molecule has 0 saturated carbocycles. The number of rotatable bonds is 13. The average Bonchev–Trinajstić information content (AvgIpc) is 3.02. The zero-order valence-corrected chi connectivity index (χ0v) is 28.9. The Hall–Kier alpha value is -3.56. The molecule has 0 aliphatic heterocycles. The van der Waals surface area contributed by atoms with Crippen molar-refractivity contribution in [1.82, 2.24) is 10.2 Å². The van der Waals surface area contributed by atoms with Gasteiger partial charge < -0.3 is 10.2 Å². The summed E-state index contributed by atoms with van der Waals surface area (Å²) in [6.07, 6.45) is 0.188. The number of sulfonamides is 1. The van der Waals surface area contributed by atoms with Crippen LogP contribution < -0.4 is 9.62 Å². The van der Waals surface area contributed by atoms with Gasteiger partial charge >= 0.3 is 0 Å². The summed E-state index contributed by atoms with van der Waals surface area (Å²) in [5.41, 5.74) is 2.22. The molecule has 0 fully saturated rings. The van der Waals surface area contributed by atoms with Gasteiger partial charge in [0.25, 0.3) is 10.0 Å². The van der Waals surface area contributed by atoms with Crippen LogP contribution in [0.15, 0.2) is 102 Å². The first-order valence-electron chi connectivity index (χ1n) is 14.8. The number of carbonyl (C=O) groups is 2. The van der Waals surface area contributed by atoms with Gasteiger partial charge in [0.05, 0.1) is 10.6 Å². The van der Waals surface area contributed by atoms with Crippen LogP contribution in [0.5, 0.6) is 0 Å². The smallest absolute Gasteiger partial charge is 0.264 e. The van der Waals surface area contributed by atoms with Crippen molar-refractivity contribution in [2.45, 2.75) is 44.7 Å². The van der Waals surface area contributed by atoms with Crippen LogP contribution in [0.25, 0.3) is 0 Å². The third-order valence-corrected chi connectivity index (χ3v) is 9.95. The summed E-state index contributed by atoms with van der Waals surface area (Å²) in [5, 5.41) is 4.13. The highest BCUT2D eigenvalue weighted by Gasteiger charge is 2.35. The molecular weight excluding hydrogens is 665 g/mol. The van der Waals surface area contributed by atoms with Gasteiger partial charge in [0.1, 0.15) is 12.6 Å². The molecule has 0 aliphatic rings. The van der Waals surface area contributed by atoms with Gasteiger partial charge in [0.2, 0.25) is 11.8 Å². The third kappa shape index (κ3) is 9.04. The fraction of sp³-hybridized carbons (Fsp3) is 0.257. The van der Waals surface area contributed by atoms with Gasteiger partial charge in [-0.2, -0.15) is 0 Å². The molecule has 2 amide bonds. The van der Waals surface area contributed by atoms with Crippen molar-refractivity contribution >= 4 is 62.3 Å². The van der Waals surface area contributed by atoms with E-state index in [-0.39, 0.29) is 35.4 Å². The molecule has 0 bridgehead atoms. The minimum absolute atomic E-state index is 0.0138. The molecule has 1 atom stereocenters. The van der Waals surface area contributed by atoms with E-state index in [9.17, 15) is 18.0 Å². The van der Waals surface area contributed by atoms with Crippen molar-refractivity contribution in [3.8, 4) is 0 Å². The van der Waals surface area contributed by atoms with Crippen molar-refractivity contribution in [3.05, 3.63) is 129 Å². The molecule has 4 aromatic rings. The molecule has 0 spiro atoms. The number of nitrogens with zero attached hydrogens (tertiary/aromatic N) is 2. The Balaban J connectivity index is 1.84. The molecular formula is C35H36Cl3N3O4S. The second-order valence-electron chi connectivity index (χ2n) is 11.4. The highest BCUT2D eigenvalue weighted by Crippen LogP contribution is 2.30. The lowest BCUT2D eigenvalue weighted by molar-refractivity contribution is -0.140. The Morgan fingerprint density at radius 2 is 1.43 bits per heavy atom. The van der Waals surface area contributed by atoms with Gasteiger partial charge in [-0.05, 0) is 72.0 Å². The first-order chi connectivity index (χ1) is 21.9. The molecule has 1 N–H and O–H groups in total. The van der Waals surface area contributed by atoms with Crippen LogP contribution in [0, 0.1) is 12.8 Å². The molecule has 242 valence electrons. The number of hydrogen-bond acceptors (Lipinski definition) is 4. The van der Waals surface area contributed by atoms with E-state index in [1.807, 2.05) is 44.2 Å². The molecule has 4 aromatic carbocycles. The number of aryl methyl sites for hydroxylation is 1. The fourth-order valence-electron chi connectivity index (χ4n) is 4.94. The lowest BCUT2D eigenvalue weighted by atomic mass is 10.0. The molecule has 4 rings (SSSR count). The van der Waals surface area contributed by atoms with E-state index in [1.54, 1.807) is 61.5 Å². The molecule has 7 nitrogen and oxygen atoms in total. The summed E-state index contributed by atoms with van der Waals surface area (Å²) >= 11 is 19.0. The maximum atomic E-state index is 14.6. The fourth-order valence-corrected chi connectivity index (χ4v) is 7.14. The van der Waals surface area contributed by atoms with Crippen LogP contribution in [0.4, 0.5) is 5.69 Å². The number of halogens is 3. The Morgan fingerprint density at radius 1 is 0.826 bits per heavy atom. The maximum Gasteiger partial charge on any atom is 0.264 e. The predicted molar refractivity (Wildman–Crippen MR) is 186 cm³/mol. The molecule has 0 aromatic heterocycles. The van der Waals surface area contributed by atoms with Crippen molar-refractivity contribution in [1.29, 1.82) is 0 Å². The molecule has 0 radical (unpaired) electrons. The average molecular weight is 701 g/mol. The predicted octanol–water partition coefficient (Wildman–Crippen LogP) is 7.56. The second-order valence-corrected chi connectivity index (χ2v) is 14.5. The minimum Gasteiger partial charge on any atom is -0.354 e. The molecule has 46 heavy (non-hydrogen) atoms. The minimum atomic E-state index is -4.23. The molecule has 0 unspecified atom stereocenters. The number of hydrogen-bond donors (Lipinski definition) is 1. The largest absolute Gasteiger partial charge is 0.354 e. The highest BCUT2D eigenvalue weighted by molar-refractivity contribution is 7.92. The Morgan fingerprint density at radius 3 is 2.04 bits per heavy atom. The van der Waals surface area contributed by atoms with Gasteiger partial charge in [-0.1, -0.05) is 103 Å². The van der Waals surface area contributed by atoms with Crippen LogP contribution in [0.3, 0.4) is 0 Å². The first-order valence-corrected chi connectivity index (χ1v) is 17.3. The van der Waals surface area contributed by atoms with E-state index in [0.29, 0.717) is 32.7 Å². The van der Waals surface area contributed by atoms with Crippen LogP contribution in [0.2, 0.25) is 15.1 Å². The number of nitrogens with one attached hydrogen (secondary N) is 1. The Labute approximate surface area is 286 Å². The quantitative estimate of drug-likeness (QED) is 0.156. The van der Waals surface area contributed by atoms with Crippen LogP contribution >= 0.6 is 34.8 Å². The van der Waals surface area contributed by atoms with E-state index in [0.717, 1.165) is 9.87 Å². The number of benzene rings is 4. The summed E-state index contributed by atoms with van der Waals surface area (Å²) in [7, 11) is -4.23. The first kappa shape index (κ1) is 35.3. The van der Waals surface area contributed by atoms with E-state index in [4.69, 9.17) is 34.8 Å².